The van der Waals surface area contributed by atoms with Crippen LogP contribution in [-0.4, -0.2) is 34.8 Å². The molecule has 1 N–H and O–H groups in total. The second-order valence-electron chi connectivity index (χ2n) is 9.63. The Hall–Kier alpha value is -2.06. The lowest BCUT2D eigenvalue weighted by molar-refractivity contribution is -0.200. The molecule has 3 atom stereocenters. The van der Waals surface area contributed by atoms with Gasteiger partial charge in [0.2, 0.25) is 0 Å². The van der Waals surface area contributed by atoms with Gasteiger partial charge >= 0.3 is 0 Å². The molecule has 4 heteroatoms. The topological polar surface area (TPSA) is 23.5 Å². The number of aliphatic hydroxyl groups is 1. The summed E-state index contributed by atoms with van der Waals surface area (Å²) in [6.07, 6.45) is 35.9. The lowest BCUT2D eigenvalue weighted by Gasteiger charge is -2.55. The molecule has 0 aromatic carbocycles. The predicted octanol–water partition coefficient (Wildman–Crippen LogP) is 16.4. The molecule has 0 spiro atoms. The third-order valence-corrected chi connectivity index (χ3v) is 7.02. The van der Waals surface area contributed by atoms with Crippen LogP contribution in [0.5, 0.6) is 0 Å². The molecule has 0 bridgehead atoms. The maximum atomic E-state index is 10.9. The average molecular weight is 768 g/mol. The van der Waals surface area contributed by atoms with E-state index in [1.165, 1.54) is 11.1 Å². The zero-order valence-corrected chi connectivity index (χ0v) is 40.9. The van der Waals surface area contributed by atoms with Gasteiger partial charge in [-0.3, -0.25) is 0 Å². The Kier molecular flexibility index (Phi) is 102. The van der Waals surface area contributed by atoms with Gasteiger partial charge in [-0.2, -0.15) is 25.3 Å². The van der Waals surface area contributed by atoms with Gasteiger partial charge in [-0.25, -0.2) is 0 Å². The first-order valence-electron chi connectivity index (χ1n) is 19.9. The minimum Gasteiger partial charge on any atom is -0.371 e. The minimum atomic E-state index is -0.740. The molecule has 1 saturated heterocycles. The molecule has 1 heterocycles. The number of likely N-dealkylation sites (tertiary alicyclic amines) is 1. The summed E-state index contributed by atoms with van der Waals surface area (Å²) in [5.74, 6) is 1.41. The normalized spacial score (nSPS) is 15.1. The fourth-order valence-corrected chi connectivity index (χ4v) is 3.73. The van der Waals surface area contributed by atoms with Crippen molar-refractivity contribution in [2.45, 2.75) is 163 Å². The van der Waals surface area contributed by atoms with Crippen LogP contribution >= 0.6 is 25.3 Å². The van der Waals surface area contributed by atoms with Gasteiger partial charge in [0.15, 0.2) is 0 Å². The zero-order chi connectivity index (χ0) is 44.1. The summed E-state index contributed by atoms with van der Waals surface area (Å²) in [7, 11) is 0. The van der Waals surface area contributed by atoms with Gasteiger partial charge in [-0.05, 0) is 96.8 Å². The van der Waals surface area contributed by atoms with E-state index in [-0.39, 0.29) is 0 Å². The van der Waals surface area contributed by atoms with Gasteiger partial charge in [0.25, 0.3) is 0 Å². The Morgan fingerprint density at radius 2 is 1.21 bits per heavy atom. The van der Waals surface area contributed by atoms with E-state index in [2.05, 4.69) is 122 Å². The molecule has 0 aromatic rings. The predicted molar refractivity (Wildman–Crippen MR) is 261 cm³/mol. The van der Waals surface area contributed by atoms with Crippen LogP contribution in [0.2, 0.25) is 0 Å². The Balaban J connectivity index is -0.0000000610. The maximum Gasteiger partial charge on any atom is 0.139 e. The number of thiol groups is 2. The summed E-state index contributed by atoms with van der Waals surface area (Å²) < 4.78 is 0. The van der Waals surface area contributed by atoms with Gasteiger partial charge in [0, 0.05) is 18.2 Å². The van der Waals surface area contributed by atoms with Crippen LogP contribution in [0.1, 0.15) is 157 Å². The molecular weight excluding hydrogens is 671 g/mol. The van der Waals surface area contributed by atoms with Gasteiger partial charge in [0.1, 0.15) is 5.72 Å². The van der Waals surface area contributed by atoms with E-state index in [0.29, 0.717) is 17.8 Å². The maximum absolute atomic E-state index is 10.9. The molecule has 2 nitrogen and oxygen atoms in total. The molecule has 3 unspecified atom stereocenters. The van der Waals surface area contributed by atoms with E-state index in [1.54, 1.807) is 12.5 Å². The van der Waals surface area contributed by atoms with E-state index in [4.69, 9.17) is 0 Å². The second kappa shape index (κ2) is 70.5. The monoisotopic (exact) mass is 768 g/mol. The van der Waals surface area contributed by atoms with Crippen molar-refractivity contribution in [1.82, 2.24) is 4.90 Å². The molecule has 1 fully saturated rings. The van der Waals surface area contributed by atoms with E-state index >= 15 is 0 Å². The highest BCUT2D eigenvalue weighted by Gasteiger charge is 2.48. The SMILES string of the molecule is C#C.C=CC(C)C=C.C=CC=C(CC)CC.CC.CC.CC.CC.CC.CS.CS.C\C=C/C=C(\C=C/C)N1CC(CCC(C)/C(C)=C/C)C1(C)O. The smallest absolute Gasteiger partial charge is 0.139 e. The van der Waals surface area contributed by atoms with Crippen LogP contribution in [0.25, 0.3) is 0 Å². The highest BCUT2D eigenvalue weighted by atomic mass is 32.1. The van der Waals surface area contributed by atoms with E-state index < -0.39 is 5.72 Å². The molecule has 52 heavy (non-hydrogen) atoms. The van der Waals surface area contributed by atoms with Crippen LogP contribution in [-0.2, 0) is 0 Å². The van der Waals surface area contributed by atoms with Crippen LogP contribution in [0, 0.1) is 30.6 Å². The molecule has 1 aliphatic heterocycles. The van der Waals surface area contributed by atoms with Crippen molar-refractivity contribution in [1.29, 1.82) is 0 Å². The fourth-order valence-electron chi connectivity index (χ4n) is 3.73. The van der Waals surface area contributed by atoms with Crippen molar-refractivity contribution in [3.63, 3.8) is 0 Å². The lowest BCUT2D eigenvalue weighted by Crippen LogP contribution is -2.64. The number of hydrogen-bond acceptors (Lipinski definition) is 4. The second-order valence-corrected chi connectivity index (χ2v) is 9.63. The molecule has 0 amide bonds. The van der Waals surface area contributed by atoms with Crippen molar-refractivity contribution < 1.29 is 5.11 Å². The highest BCUT2D eigenvalue weighted by Crippen LogP contribution is 2.41. The Morgan fingerprint density at radius 1 is 0.808 bits per heavy atom. The molecule has 1 aliphatic rings. The summed E-state index contributed by atoms with van der Waals surface area (Å²) in [4.78, 5) is 2.10. The Labute approximate surface area is 343 Å². The van der Waals surface area contributed by atoms with Gasteiger partial charge < -0.3 is 10.0 Å². The van der Waals surface area contributed by atoms with E-state index in [1.807, 2.05) is 133 Å². The summed E-state index contributed by atoms with van der Waals surface area (Å²) in [6, 6.07) is 0. The Bertz CT molecular complexity index is 815. The number of terminal acetylenes is 1. The van der Waals surface area contributed by atoms with E-state index in [0.717, 1.165) is 37.9 Å². The summed E-state index contributed by atoms with van der Waals surface area (Å²) in [6.45, 7) is 50.6. The van der Waals surface area contributed by atoms with Gasteiger partial charge in [-0.15, -0.1) is 26.0 Å². The third kappa shape index (κ3) is 47.9. The quantitative estimate of drug-likeness (QED) is 0.0797. The van der Waals surface area contributed by atoms with Gasteiger partial charge in [0.05, 0.1) is 0 Å². The van der Waals surface area contributed by atoms with Crippen LogP contribution < -0.4 is 0 Å². The zero-order valence-electron chi connectivity index (χ0n) is 39.1. The average Bonchev–Trinajstić information content (AvgIpc) is 3.24. The minimum absolute atomic E-state index is 0.346. The largest absolute Gasteiger partial charge is 0.371 e. The van der Waals surface area contributed by atoms with E-state index in [9.17, 15) is 5.11 Å². The molecular formula is C48H97NOS2. The molecule has 1 rings (SSSR count). The lowest BCUT2D eigenvalue weighted by atomic mass is 9.79. The molecule has 312 valence electrons. The first-order valence-corrected chi connectivity index (χ1v) is 21.7. The number of hydrogen-bond donors (Lipinski definition) is 3. The van der Waals surface area contributed by atoms with Crippen molar-refractivity contribution in [2.75, 3.05) is 19.1 Å². The molecule has 0 radical (unpaired) electrons. The summed E-state index contributed by atoms with van der Waals surface area (Å²) in [5, 5.41) is 10.9. The van der Waals surface area contributed by atoms with Crippen molar-refractivity contribution in [3.8, 4) is 12.8 Å². The van der Waals surface area contributed by atoms with Crippen molar-refractivity contribution >= 4 is 25.3 Å². The standard InChI is InChI=1S/C20H33NO.C8H14.C6H10.5C2H6.C2H2.2CH4S/c1-7-10-12-19(11-8-2)21-15-18(20(21,6)22)14-13-17(5)16(4)9-3;1-4-7-8(5-2)6-3;1-4-6(3)5-2;8*1-2/h7-12,17-18,22H,13-15H2,1-6H3;4,7H,1,5-6H2,2-3H3;4-6H,1-2H2,3H3;5*1-2H3;1-2H;2*2H,1H3/b10-7-,11-8-,16-9+,19-12+;;;;;;;;;;. The number of allylic oxidation sites excluding steroid dienone is 12. The van der Waals surface area contributed by atoms with Crippen molar-refractivity contribution in [2.24, 2.45) is 17.8 Å². The van der Waals surface area contributed by atoms with Crippen molar-refractivity contribution in [3.05, 3.63) is 97.3 Å². The summed E-state index contributed by atoms with van der Waals surface area (Å²) >= 11 is 7.06. The van der Waals surface area contributed by atoms with Crippen LogP contribution in [0.4, 0.5) is 0 Å². The van der Waals surface area contributed by atoms with Gasteiger partial charge in [-0.1, -0.05) is 163 Å². The van der Waals surface area contributed by atoms with Crippen LogP contribution in [0.3, 0.4) is 0 Å². The highest BCUT2D eigenvalue weighted by molar-refractivity contribution is 7.79. The number of nitrogens with zero attached hydrogens (tertiary/aromatic N) is 1. The third-order valence-electron chi connectivity index (χ3n) is 7.02. The fraction of sp³-hybridized carbons (Fsp3) is 0.625. The summed E-state index contributed by atoms with van der Waals surface area (Å²) in [5.41, 5.74) is 3.26. The van der Waals surface area contributed by atoms with Crippen LogP contribution in [0.15, 0.2) is 97.3 Å². The first-order chi connectivity index (χ1) is 25.0. The molecule has 0 saturated carbocycles. The number of rotatable bonds is 12. The Morgan fingerprint density at radius 3 is 1.44 bits per heavy atom. The first kappa shape index (κ1) is 75.0. The molecule has 0 aliphatic carbocycles. The molecule has 0 aromatic heterocycles.